The van der Waals surface area contributed by atoms with Crippen LogP contribution in [0.3, 0.4) is 0 Å². The van der Waals surface area contributed by atoms with Gasteiger partial charge >= 0.3 is 0 Å². The predicted octanol–water partition coefficient (Wildman–Crippen LogP) is 2.23. The summed E-state index contributed by atoms with van der Waals surface area (Å²) in [5, 5.41) is 3.09. The van der Waals surface area contributed by atoms with Crippen LogP contribution in [0.15, 0.2) is 36.8 Å². The minimum Gasteiger partial charge on any atom is -0.309 e. The summed E-state index contributed by atoms with van der Waals surface area (Å²) in [5.74, 6) is -0.313. The fraction of sp³-hybridized carbons (Fsp3) is 0.231. The molecule has 0 saturated carbocycles. The molecule has 0 bridgehead atoms. The largest absolute Gasteiger partial charge is 0.309 e. The monoisotopic (exact) mass is 231 g/mol. The number of hydrogen-bond acceptors (Lipinski definition) is 3. The lowest BCUT2D eigenvalue weighted by Crippen LogP contribution is -2.19. The molecule has 0 aliphatic carbocycles. The zero-order valence-corrected chi connectivity index (χ0v) is 9.81. The van der Waals surface area contributed by atoms with Crippen LogP contribution in [-0.2, 0) is 0 Å². The summed E-state index contributed by atoms with van der Waals surface area (Å²) in [6.45, 7) is 1.92. The predicted molar refractivity (Wildman–Crippen MR) is 64.1 cm³/mol. The highest BCUT2D eigenvalue weighted by Gasteiger charge is 2.15. The Kier molecular flexibility index (Phi) is 3.44. The van der Waals surface area contributed by atoms with Gasteiger partial charge in [-0.2, -0.15) is 0 Å². The van der Waals surface area contributed by atoms with E-state index in [-0.39, 0.29) is 11.9 Å². The molecule has 3 nitrogen and oxygen atoms in total. The van der Waals surface area contributed by atoms with Crippen molar-refractivity contribution in [3.8, 4) is 0 Å². The number of aromatic nitrogens is 2. The Morgan fingerprint density at radius 2 is 2.06 bits per heavy atom. The molecule has 1 atom stereocenters. The number of nitrogens with zero attached hydrogens (tertiary/aromatic N) is 2. The molecule has 0 fully saturated rings. The van der Waals surface area contributed by atoms with Gasteiger partial charge in [-0.05, 0) is 31.7 Å². The Balaban J connectivity index is 2.40. The molecule has 2 aromatic heterocycles. The highest BCUT2D eigenvalue weighted by atomic mass is 19.1. The third kappa shape index (κ3) is 2.47. The molecule has 0 saturated heterocycles. The van der Waals surface area contributed by atoms with Crippen molar-refractivity contribution in [2.45, 2.75) is 13.0 Å². The molecule has 0 aromatic carbocycles. The maximum absolute atomic E-state index is 13.7. The van der Waals surface area contributed by atoms with E-state index in [9.17, 15) is 4.39 Å². The van der Waals surface area contributed by atoms with Crippen molar-refractivity contribution in [1.82, 2.24) is 15.3 Å². The SMILES string of the molecule is CNC(c1ccc(C)nc1)c1ccncc1F. The van der Waals surface area contributed by atoms with E-state index in [2.05, 4.69) is 15.3 Å². The number of rotatable bonds is 3. The Bertz CT molecular complexity index is 496. The van der Waals surface area contributed by atoms with Crippen LogP contribution in [0.1, 0.15) is 22.9 Å². The molecule has 17 heavy (non-hydrogen) atoms. The highest BCUT2D eigenvalue weighted by molar-refractivity contribution is 5.30. The second-order valence-electron chi connectivity index (χ2n) is 3.85. The first-order valence-corrected chi connectivity index (χ1v) is 5.41. The number of halogens is 1. The van der Waals surface area contributed by atoms with E-state index in [0.29, 0.717) is 5.56 Å². The van der Waals surface area contributed by atoms with Crippen molar-refractivity contribution in [3.05, 3.63) is 59.4 Å². The standard InChI is InChI=1S/C13H14FN3/c1-9-3-4-10(7-17-9)13(15-2)11-5-6-16-8-12(11)14/h3-8,13,15H,1-2H3. The minimum absolute atomic E-state index is 0.203. The molecule has 2 heterocycles. The van der Waals surface area contributed by atoms with Gasteiger partial charge < -0.3 is 5.32 Å². The lowest BCUT2D eigenvalue weighted by atomic mass is 10.0. The van der Waals surface area contributed by atoms with E-state index in [1.54, 1.807) is 25.5 Å². The molecule has 0 spiro atoms. The van der Waals surface area contributed by atoms with Crippen LogP contribution in [0, 0.1) is 12.7 Å². The molecule has 0 radical (unpaired) electrons. The molecule has 2 rings (SSSR count). The summed E-state index contributed by atoms with van der Waals surface area (Å²) in [6, 6.07) is 5.34. The van der Waals surface area contributed by atoms with Gasteiger partial charge in [0, 0.05) is 23.7 Å². The second kappa shape index (κ2) is 5.01. The van der Waals surface area contributed by atoms with E-state index in [4.69, 9.17) is 0 Å². The van der Waals surface area contributed by atoms with E-state index >= 15 is 0 Å². The first-order valence-electron chi connectivity index (χ1n) is 5.41. The van der Waals surface area contributed by atoms with Gasteiger partial charge in [-0.3, -0.25) is 9.97 Å². The van der Waals surface area contributed by atoms with Crippen molar-refractivity contribution in [2.24, 2.45) is 0 Å². The number of nitrogens with one attached hydrogen (secondary N) is 1. The molecule has 0 aliphatic heterocycles. The van der Waals surface area contributed by atoms with Crippen molar-refractivity contribution in [1.29, 1.82) is 0 Å². The van der Waals surface area contributed by atoms with Crippen LogP contribution in [0.25, 0.3) is 0 Å². The van der Waals surface area contributed by atoms with Gasteiger partial charge in [-0.1, -0.05) is 6.07 Å². The van der Waals surface area contributed by atoms with Crippen molar-refractivity contribution >= 4 is 0 Å². The number of pyridine rings is 2. The van der Waals surface area contributed by atoms with Crippen LogP contribution in [0.5, 0.6) is 0 Å². The third-order valence-corrected chi connectivity index (χ3v) is 2.67. The third-order valence-electron chi connectivity index (χ3n) is 2.67. The Hall–Kier alpha value is -1.81. The topological polar surface area (TPSA) is 37.8 Å². The molecule has 1 N–H and O–H groups in total. The van der Waals surface area contributed by atoms with Gasteiger partial charge in [-0.15, -0.1) is 0 Å². The minimum atomic E-state index is -0.313. The van der Waals surface area contributed by atoms with Crippen molar-refractivity contribution < 1.29 is 4.39 Å². The van der Waals surface area contributed by atoms with Crippen LogP contribution in [0.2, 0.25) is 0 Å². The average Bonchev–Trinajstić information content (AvgIpc) is 2.35. The summed E-state index contributed by atoms with van der Waals surface area (Å²) in [7, 11) is 1.80. The molecule has 88 valence electrons. The molecular formula is C13H14FN3. The van der Waals surface area contributed by atoms with Crippen molar-refractivity contribution in [2.75, 3.05) is 7.05 Å². The van der Waals surface area contributed by atoms with E-state index in [0.717, 1.165) is 11.3 Å². The summed E-state index contributed by atoms with van der Waals surface area (Å²) in [5.41, 5.74) is 2.45. The molecule has 1 unspecified atom stereocenters. The van der Waals surface area contributed by atoms with E-state index < -0.39 is 0 Å². The van der Waals surface area contributed by atoms with Gasteiger partial charge in [0.15, 0.2) is 0 Å². The van der Waals surface area contributed by atoms with Gasteiger partial charge in [0.1, 0.15) is 5.82 Å². The van der Waals surface area contributed by atoms with Gasteiger partial charge in [0.25, 0.3) is 0 Å². The Labute approximate surface area is 99.7 Å². The zero-order valence-electron chi connectivity index (χ0n) is 9.81. The molecule has 2 aromatic rings. The Morgan fingerprint density at radius 1 is 1.24 bits per heavy atom. The maximum atomic E-state index is 13.7. The van der Waals surface area contributed by atoms with Crippen LogP contribution in [-0.4, -0.2) is 17.0 Å². The fourth-order valence-electron chi connectivity index (χ4n) is 1.77. The van der Waals surface area contributed by atoms with Gasteiger partial charge in [0.05, 0.1) is 12.2 Å². The first-order chi connectivity index (χ1) is 8.22. The highest BCUT2D eigenvalue weighted by Crippen LogP contribution is 2.22. The molecule has 0 amide bonds. The lowest BCUT2D eigenvalue weighted by molar-refractivity contribution is 0.570. The average molecular weight is 231 g/mol. The summed E-state index contributed by atoms with van der Waals surface area (Å²) in [6.07, 6.45) is 4.57. The first kappa shape index (κ1) is 11.7. The molecule has 0 aliphatic rings. The van der Waals surface area contributed by atoms with Gasteiger partial charge in [0.2, 0.25) is 0 Å². The quantitative estimate of drug-likeness (QED) is 0.880. The number of aryl methyl sites for hydroxylation is 1. The molecular weight excluding hydrogens is 217 g/mol. The van der Waals surface area contributed by atoms with Crippen LogP contribution >= 0.6 is 0 Å². The Morgan fingerprint density at radius 3 is 2.65 bits per heavy atom. The van der Waals surface area contributed by atoms with Crippen LogP contribution in [0.4, 0.5) is 4.39 Å². The van der Waals surface area contributed by atoms with Crippen molar-refractivity contribution in [3.63, 3.8) is 0 Å². The van der Waals surface area contributed by atoms with E-state index in [1.807, 2.05) is 19.1 Å². The summed E-state index contributed by atoms with van der Waals surface area (Å²) < 4.78 is 13.7. The van der Waals surface area contributed by atoms with Crippen LogP contribution < -0.4 is 5.32 Å². The normalized spacial score (nSPS) is 12.4. The lowest BCUT2D eigenvalue weighted by Gasteiger charge is -2.17. The maximum Gasteiger partial charge on any atom is 0.146 e. The number of hydrogen-bond donors (Lipinski definition) is 1. The fourth-order valence-corrected chi connectivity index (χ4v) is 1.77. The van der Waals surface area contributed by atoms with E-state index in [1.165, 1.54) is 6.20 Å². The molecule has 4 heteroatoms. The zero-order chi connectivity index (χ0) is 12.3. The summed E-state index contributed by atoms with van der Waals surface area (Å²) >= 11 is 0. The smallest absolute Gasteiger partial charge is 0.146 e. The summed E-state index contributed by atoms with van der Waals surface area (Å²) in [4.78, 5) is 7.98. The second-order valence-corrected chi connectivity index (χ2v) is 3.85. The van der Waals surface area contributed by atoms with Gasteiger partial charge in [-0.25, -0.2) is 4.39 Å².